The molecular weight excluding hydrogens is 390 g/mol. The molecule has 0 N–H and O–H groups in total. The smallest absolute Gasteiger partial charge is 0.327 e. The molecule has 30 heavy (non-hydrogen) atoms. The number of imide groups is 1. The topological polar surface area (TPSA) is 99.4 Å². The fraction of sp³-hybridized carbons (Fsp3) is 0.700. The highest BCUT2D eigenvalue weighted by molar-refractivity contribution is 6.05. The fourth-order valence-electron chi connectivity index (χ4n) is 4.11. The van der Waals surface area contributed by atoms with Gasteiger partial charge in [0, 0.05) is 37.7 Å². The van der Waals surface area contributed by atoms with Crippen molar-refractivity contribution in [3.63, 3.8) is 0 Å². The van der Waals surface area contributed by atoms with Crippen LogP contribution in [0.3, 0.4) is 0 Å². The molecule has 10 nitrogen and oxygen atoms in total. The molecule has 0 aromatic carbocycles. The third-order valence-corrected chi connectivity index (χ3v) is 5.48. The highest BCUT2D eigenvalue weighted by Crippen LogP contribution is 2.31. The van der Waals surface area contributed by atoms with Crippen LogP contribution in [-0.4, -0.2) is 103 Å². The van der Waals surface area contributed by atoms with Crippen molar-refractivity contribution in [2.24, 2.45) is 5.41 Å². The first kappa shape index (κ1) is 22.2. The van der Waals surface area contributed by atoms with Crippen LogP contribution < -0.4 is 0 Å². The predicted octanol–water partition coefficient (Wildman–Crippen LogP) is 0.806. The van der Waals surface area contributed by atoms with Gasteiger partial charge in [0.1, 0.15) is 11.8 Å². The molecule has 0 radical (unpaired) electrons. The number of aryl methyl sites for hydroxylation is 1. The van der Waals surface area contributed by atoms with Crippen molar-refractivity contribution in [3.05, 3.63) is 17.0 Å². The summed E-state index contributed by atoms with van der Waals surface area (Å²) in [5.74, 6) is 0.0206. The zero-order chi connectivity index (χ0) is 22.2. The van der Waals surface area contributed by atoms with E-state index in [1.807, 2.05) is 32.8 Å². The van der Waals surface area contributed by atoms with Crippen molar-refractivity contribution in [1.29, 1.82) is 0 Å². The Morgan fingerprint density at radius 1 is 1.30 bits per heavy atom. The summed E-state index contributed by atoms with van der Waals surface area (Å²) in [7, 11) is 5.34. The number of aromatic nitrogens is 1. The van der Waals surface area contributed by atoms with Gasteiger partial charge in [0.05, 0.1) is 19.7 Å². The van der Waals surface area contributed by atoms with Gasteiger partial charge in [-0.3, -0.25) is 14.5 Å². The molecule has 2 fully saturated rings. The normalized spacial score (nSPS) is 21.4. The summed E-state index contributed by atoms with van der Waals surface area (Å²) in [5, 5.41) is 4.01. The summed E-state index contributed by atoms with van der Waals surface area (Å²) in [6.45, 7) is 7.67. The monoisotopic (exact) mass is 421 g/mol. The Morgan fingerprint density at radius 2 is 2.00 bits per heavy atom. The summed E-state index contributed by atoms with van der Waals surface area (Å²) in [4.78, 5) is 45.6. The van der Waals surface area contributed by atoms with Gasteiger partial charge in [-0.1, -0.05) is 19.0 Å². The highest BCUT2D eigenvalue weighted by atomic mass is 16.5. The maximum Gasteiger partial charge on any atom is 0.327 e. The molecular formula is C20H31N5O5. The van der Waals surface area contributed by atoms with E-state index in [1.54, 1.807) is 16.7 Å². The second kappa shape index (κ2) is 8.35. The lowest BCUT2D eigenvalue weighted by Crippen LogP contribution is -2.44. The Balaban J connectivity index is 1.90. The maximum absolute atomic E-state index is 13.4. The van der Waals surface area contributed by atoms with Gasteiger partial charge in [0.15, 0.2) is 5.69 Å². The number of carbonyl (C=O) groups is 3. The molecule has 3 heterocycles. The zero-order valence-corrected chi connectivity index (χ0v) is 18.6. The van der Waals surface area contributed by atoms with E-state index >= 15 is 0 Å². The third kappa shape index (κ3) is 4.20. The van der Waals surface area contributed by atoms with Gasteiger partial charge in [0.25, 0.3) is 11.8 Å². The standard InChI is InChI=1S/C20H31N5O5/c1-13-14(9-22(4)5)16(21-30-13)18(27)23-10-15-17(26)24(7-8-29-6)19(28)25(15)12-20(2,3)11-23/h15H,7-12H2,1-6H3. The van der Waals surface area contributed by atoms with E-state index in [0.29, 0.717) is 25.4 Å². The largest absolute Gasteiger partial charge is 0.383 e. The molecule has 4 amide bonds. The lowest BCUT2D eigenvalue weighted by Gasteiger charge is -2.30. The molecule has 1 unspecified atom stereocenters. The van der Waals surface area contributed by atoms with E-state index in [9.17, 15) is 14.4 Å². The second-order valence-electron chi connectivity index (χ2n) is 9.06. The number of hydrogen-bond acceptors (Lipinski definition) is 7. The second-order valence-corrected chi connectivity index (χ2v) is 9.06. The first-order valence-electron chi connectivity index (χ1n) is 10.1. The van der Waals surface area contributed by atoms with Gasteiger partial charge in [-0.25, -0.2) is 4.79 Å². The number of fused-ring (bicyclic) bond motifs is 1. The van der Waals surface area contributed by atoms with Crippen LogP contribution in [0, 0.1) is 12.3 Å². The van der Waals surface area contributed by atoms with Crippen LogP contribution in [0.25, 0.3) is 0 Å². The SMILES string of the molecule is COCCN1C(=O)C2CN(C(=O)c3noc(C)c3CN(C)C)CC(C)(C)CN2C1=O. The first-order valence-corrected chi connectivity index (χ1v) is 10.1. The molecule has 2 aliphatic rings. The van der Waals surface area contributed by atoms with E-state index in [-0.39, 0.29) is 43.2 Å². The third-order valence-electron chi connectivity index (χ3n) is 5.48. The van der Waals surface area contributed by atoms with Crippen molar-refractivity contribution < 1.29 is 23.6 Å². The zero-order valence-electron chi connectivity index (χ0n) is 18.6. The molecule has 166 valence electrons. The minimum atomic E-state index is -0.703. The average Bonchev–Trinajstić information content (AvgIpc) is 3.04. The quantitative estimate of drug-likeness (QED) is 0.627. The number of ether oxygens (including phenoxy) is 1. The fourth-order valence-corrected chi connectivity index (χ4v) is 4.11. The Labute approximate surface area is 176 Å². The van der Waals surface area contributed by atoms with Crippen LogP contribution in [0.5, 0.6) is 0 Å². The van der Waals surface area contributed by atoms with Crippen molar-refractivity contribution in [2.75, 3.05) is 54.0 Å². The maximum atomic E-state index is 13.4. The molecule has 0 spiro atoms. The molecule has 0 saturated carbocycles. The molecule has 2 saturated heterocycles. The average molecular weight is 421 g/mol. The van der Waals surface area contributed by atoms with Crippen LogP contribution in [0.4, 0.5) is 4.79 Å². The Morgan fingerprint density at radius 3 is 2.63 bits per heavy atom. The van der Waals surface area contributed by atoms with E-state index < -0.39 is 11.5 Å². The molecule has 10 heteroatoms. The summed E-state index contributed by atoms with van der Waals surface area (Å²) in [6.07, 6.45) is 0. The van der Waals surface area contributed by atoms with Gasteiger partial charge >= 0.3 is 6.03 Å². The van der Waals surface area contributed by atoms with E-state index in [2.05, 4.69) is 5.16 Å². The van der Waals surface area contributed by atoms with E-state index in [0.717, 1.165) is 5.56 Å². The van der Waals surface area contributed by atoms with Crippen LogP contribution in [0.2, 0.25) is 0 Å². The lowest BCUT2D eigenvalue weighted by atomic mass is 9.92. The Hall–Kier alpha value is -2.46. The van der Waals surface area contributed by atoms with Crippen molar-refractivity contribution >= 4 is 17.8 Å². The van der Waals surface area contributed by atoms with E-state index in [1.165, 1.54) is 12.0 Å². The summed E-state index contributed by atoms with van der Waals surface area (Å²) >= 11 is 0. The first-order chi connectivity index (χ1) is 14.1. The van der Waals surface area contributed by atoms with Gasteiger partial charge in [-0.2, -0.15) is 0 Å². The number of nitrogens with zero attached hydrogens (tertiary/aromatic N) is 5. The molecule has 0 bridgehead atoms. The number of amides is 4. The lowest BCUT2D eigenvalue weighted by molar-refractivity contribution is -0.128. The van der Waals surface area contributed by atoms with Crippen LogP contribution >= 0.6 is 0 Å². The summed E-state index contributed by atoms with van der Waals surface area (Å²) in [6, 6.07) is -1.03. The molecule has 3 rings (SSSR count). The van der Waals surface area contributed by atoms with Gasteiger partial charge < -0.3 is 24.0 Å². The number of carbonyl (C=O) groups excluding carboxylic acids is 3. The highest BCUT2D eigenvalue weighted by Gasteiger charge is 2.50. The molecule has 1 aromatic rings. The number of hydrogen-bond donors (Lipinski definition) is 0. The summed E-state index contributed by atoms with van der Waals surface area (Å²) < 4.78 is 10.3. The number of urea groups is 1. The van der Waals surface area contributed by atoms with Crippen LogP contribution in [0.15, 0.2) is 4.52 Å². The summed E-state index contributed by atoms with van der Waals surface area (Å²) in [5.41, 5.74) is 0.607. The molecule has 1 atom stereocenters. The molecule has 0 aliphatic carbocycles. The van der Waals surface area contributed by atoms with Crippen LogP contribution in [0.1, 0.15) is 35.7 Å². The van der Waals surface area contributed by atoms with Crippen molar-refractivity contribution in [2.45, 2.75) is 33.4 Å². The minimum absolute atomic E-state index is 0.129. The van der Waals surface area contributed by atoms with Crippen molar-refractivity contribution in [1.82, 2.24) is 24.8 Å². The molecule has 2 aliphatic heterocycles. The minimum Gasteiger partial charge on any atom is -0.383 e. The Bertz CT molecular complexity index is 834. The number of rotatable bonds is 6. The number of methoxy groups -OCH3 is 1. The van der Waals surface area contributed by atoms with Gasteiger partial charge in [0.2, 0.25) is 0 Å². The molecule has 1 aromatic heterocycles. The van der Waals surface area contributed by atoms with Crippen LogP contribution in [-0.2, 0) is 16.1 Å². The van der Waals surface area contributed by atoms with Gasteiger partial charge in [-0.05, 0) is 21.0 Å². The predicted molar refractivity (Wildman–Crippen MR) is 108 cm³/mol. The Kier molecular flexibility index (Phi) is 6.19. The van der Waals surface area contributed by atoms with E-state index in [4.69, 9.17) is 9.26 Å². The van der Waals surface area contributed by atoms with Crippen molar-refractivity contribution in [3.8, 4) is 0 Å². The van der Waals surface area contributed by atoms with Gasteiger partial charge in [-0.15, -0.1) is 0 Å².